The first-order valence-electron chi connectivity index (χ1n) is 19.3. The van der Waals surface area contributed by atoms with Crippen LogP contribution in [-0.2, 0) is 26.5 Å². The van der Waals surface area contributed by atoms with Gasteiger partial charge in [0, 0.05) is 23.4 Å². The molecule has 1 spiro atoms. The summed E-state index contributed by atoms with van der Waals surface area (Å²) in [5.74, 6) is 0.815. The summed E-state index contributed by atoms with van der Waals surface area (Å²) in [6.07, 6.45) is 2.84. The maximum absolute atomic E-state index is 15.3. The van der Waals surface area contributed by atoms with Crippen molar-refractivity contribution in [1.82, 2.24) is 14.7 Å². The number of aliphatic hydroxyl groups excluding tert-OH is 1. The van der Waals surface area contributed by atoms with Gasteiger partial charge in [-0.05, 0) is 72.5 Å². The van der Waals surface area contributed by atoms with Crippen molar-refractivity contribution in [3.05, 3.63) is 119 Å². The Morgan fingerprint density at radius 2 is 1.68 bits per heavy atom. The Morgan fingerprint density at radius 1 is 0.964 bits per heavy atom. The SMILES string of the molecule is COc1ccc([Si](C)(C)[C@@H]2[C@@H](CC(=O)N3CCC[C@H]3CO)O[C@]3(C(=O)N(Cc4ccc(-n5ncc6ccccc6c5=O)cc4)c4ccc(OC)cc43)[C@H]2C)cc1. The number of rotatable bonds is 10. The normalized spacial score (nSPS) is 23.3. The molecule has 4 aromatic carbocycles. The number of anilines is 1. The molecule has 0 bridgehead atoms. The molecule has 11 nitrogen and oxygen atoms in total. The predicted octanol–water partition coefficient (Wildman–Crippen LogP) is 5.54. The van der Waals surface area contributed by atoms with E-state index in [1.807, 2.05) is 72.8 Å². The fourth-order valence-corrected chi connectivity index (χ4v) is 13.6. The van der Waals surface area contributed by atoms with Crippen molar-refractivity contribution in [2.45, 2.75) is 69.1 Å². The molecule has 5 aromatic rings. The number of amides is 2. The molecule has 3 aliphatic heterocycles. The number of carbonyl (C=O) groups is 2. The van der Waals surface area contributed by atoms with Gasteiger partial charge in [0.25, 0.3) is 11.5 Å². The topological polar surface area (TPSA) is 123 Å². The van der Waals surface area contributed by atoms with Crippen molar-refractivity contribution in [3.8, 4) is 17.2 Å². The van der Waals surface area contributed by atoms with Gasteiger partial charge in [-0.15, -0.1) is 0 Å². The van der Waals surface area contributed by atoms with Gasteiger partial charge >= 0.3 is 0 Å². The smallest absolute Gasteiger partial charge is 0.279 e. The quantitative estimate of drug-likeness (QED) is 0.184. The molecule has 4 heterocycles. The molecule has 290 valence electrons. The predicted molar refractivity (Wildman–Crippen MR) is 218 cm³/mol. The summed E-state index contributed by atoms with van der Waals surface area (Å²) in [7, 11) is 0.756. The van der Waals surface area contributed by atoms with E-state index in [4.69, 9.17) is 14.2 Å². The molecular weight excluding hydrogens is 725 g/mol. The van der Waals surface area contributed by atoms with E-state index >= 15 is 4.79 Å². The molecule has 5 atom stereocenters. The summed E-state index contributed by atoms with van der Waals surface area (Å²) >= 11 is 0. The standard InChI is InChI=1S/C44H48N4O7Si/c1-28-41(56(4,5)35-19-16-33(53-2)17-20-35)39(24-40(50)46-22-8-10-32(46)27-49)55-44(28)37-23-34(54-3)18-21-38(37)47(43(44)52)26-29-12-14-31(15-13-29)48-42(51)36-11-7-6-9-30(36)25-45-48/h6-7,9,11-21,23,25,28,32,39,41,49H,8,10,22,24,26-27H2,1-5H3/t28-,32-,39+,41-,44+/m0/s1. The number of likely N-dealkylation sites (tertiary alicyclic amines) is 1. The van der Waals surface area contributed by atoms with E-state index < -0.39 is 19.8 Å². The van der Waals surface area contributed by atoms with Crippen LogP contribution in [0.2, 0.25) is 18.6 Å². The minimum absolute atomic E-state index is 0.0615. The average Bonchev–Trinajstić information content (AvgIpc) is 3.88. The number of aliphatic hydroxyl groups is 1. The van der Waals surface area contributed by atoms with E-state index in [0.29, 0.717) is 23.4 Å². The number of hydrogen-bond donors (Lipinski definition) is 1. The zero-order valence-electron chi connectivity index (χ0n) is 32.5. The first kappa shape index (κ1) is 37.6. The van der Waals surface area contributed by atoms with Crippen LogP contribution in [0.3, 0.4) is 0 Å². The van der Waals surface area contributed by atoms with Crippen molar-refractivity contribution < 1.29 is 28.9 Å². The summed E-state index contributed by atoms with van der Waals surface area (Å²) in [6, 6.07) is 28.5. The second-order valence-corrected chi connectivity index (χ2v) is 20.5. The number of nitrogens with zero attached hydrogens (tertiary/aromatic N) is 4. The number of aromatic nitrogens is 2. The molecule has 0 aliphatic carbocycles. The van der Waals surface area contributed by atoms with Gasteiger partial charge < -0.3 is 29.1 Å². The highest BCUT2D eigenvalue weighted by Gasteiger charge is 2.66. The van der Waals surface area contributed by atoms with Crippen LogP contribution in [0.1, 0.15) is 37.3 Å². The molecule has 1 N–H and O–H groups in total. The van der Waals surface area contributed by atoms with E-state index in [2.05, 4.69) is 37.2 Å². The van der Waals surface area contributed by atoms with Crippen LogP contribution in [0.4, 0.5) is 5.69 Å². The summed E-state index contributed by atoms with van der Waals surface area (Å²) in [5, 5.41) is 17.0. The van der Waals surface area contributed by atoms with E-state index in [0.717, 1.165) is 40.8 Å². The molecule has 12 heteroatoms. The molecule has 1 aromatic heterocycles. The molecule has 2 fully saturated rings. The van der Waals surface area contributed by atoms with Crippen molar-refractivity contribution in [1.29, 1.82) is 0 Å². The molecule has 0 unspecified atom stereocenters. The number of methoxy groups -OCH3 is 2. The number of hydrogen-bond acceptors (Lipinski definition) is 8. The lowest BCUT2D eigenvalue weighted by Gasteiger charge is -2.37. The second kappa shape index (κ2) is 14.6. The fourth-order valence-electron chi connectivity index (χ4n) is 9.62. The van der Waals surface area contributed by atoms with Gasteiger partial charge in [-0.3, -0.25) is 14.4 Å². The summed E-state index contributed by atoms with van der Waals surface area (Å²) in [4.78, 5) is 46.3. The highest BCUT2D eigenvalue weighted by molar-refractivity contribution is 6.91. The second-order valence-electron chi connectivity index (χ2n) is 15.8. The summed E-state index contributed by atoms with van der Waals surface area (Å²) in [6.45, 7) is 7.47. The first-order chi connectivity index (χ1) is 27.0. The lowest BCUT2D eigenvalue weighted by Crippen LogP contribution is -2.52. The Hall–Kier alpha value is -5.30. The summed E-state index contributed by atoms with van der Waals surface area (Å²) in [5.41, 5.74) is 1.23. The molecule has 0 saturated carbocycles. The Balaban J connectivity index is 1.17. The van der Waals surface area contributed by atoms with Crippen LogP contribution < -0.4 is 25.1 Å². The Labute approximate surface area is 327 Å². The number of benzene rings is 4. The van der Waals surface area contributed by atoms with E-state index in [1.165, 1.54) is 9.87 Å². The molecule has 2 saturated heterocycles. The van der Waals surface area contributed by atoms with Gasteiger partial charge in [0.1, 0.15) is 11.5 Å². The third kappa shape index (κ3) is 6.11. The Kier molecular flexibility index (Phi) is 9.84. The van der Waals surface area contributed by atoms with Crippen LogP contribution in [0, 0.1) is 5.92 Å². The number of carbonyl (C=O) groups excluding carboxylic acids is 2. The molecular formula is C44H48N4O7Si. The molecule has 0 radical (unpaired) electrons. The van der Waals surface area contributed by atoms with Crippen molar-refractivity contribution in [3.63, 3.8) is 0 Å². The van der Waals surface area contributed by atoms with Crippen molar-refractivity contribution in [2.75, 3.05) is 32.3 Å². The van der Waals surface area contributed by atoms with Crippen molar-refractivity contribution >= 4 is 41.5 Å². The van der Waals surface area contributed by atoms with Crippen LogP contribution in [-0.4, -0.2) is 79.2 Å². The third-order valence-electron chi connectivity index (χ3n) is 12.5. The van der Waals surface area contributed by atoms with Gasteiger partial charge in [-0.25, -0.2) is 0 Å². The first-order valence-corrected chi connectivity index (χ1v) is 22.4. The fraction of sp³-hybridized carbons (Fsp3) is 0.364. The lowest BCUT2D eigenvalue weighted by atomic mass is 9.82. The van der Waals surface area contributed by atoms with Crippen LogP contribution in [0.15, 0.2) is 102 Å². The van der Waals surface area contributed by atoms with E-state index in [-0.39, 0.29) is 54.4 Å². The lowest BCUT2D eigenvalue weighted by molar-refractivity contribution is -0.150. The zero-order valence-corrected chi connectivity index (χ0v) is 33.5. The Bertz CT molecular complexity index is 2350. The van der Waals surface area contributed by atoms with Gasteiger partial charge in [-0.1, -0.05) is 67.7 Å². The van der Waals surface area contributed by atoms with Crippen LogP contribution >= 0.6 is 0 Å². The summed E-state index contributed by atoms with van der Waals surface area (Å²) < 4.78 is 19.8. The molecule has 3 aliphatic rings. The minimum atomic E-state index is -2.50. The van der Waals surface area contributed by atoms with Crippen LogP contribution in [0.25, 0.3) is 16.5 Å². The van der Waals surface area contributed by atoms with Gasteiger partial charge in [0.15, 0.2) is 5.60 Å². The molecule has 8 rings (SSSR count). The largest absolute Gasteiger partial charge is 0.497 e. The average molecular weight is 773 g/mol. The third-order valence-corrected chi connectivity index (χ3v) is 16.9. The minimum Gasteiger partial charge on any atom is -0.497 e. The van der Waals surface area contributed by atoms with Crippen molar-refractivity contribution in [2.24, 2.45) is 5.92 Å². The monoisotopic (exact) mass is 772 g/mol. The number of fused-ring (bicyclic) bond motifs is 3. The van der Waals surface area contributed by atoms with Gasteiger partial charge in [0.2, 0.25) is 5.91 Å². The van der Waals surface area contributed by atoms with E-state index in [9.17, 15) is 14.7 Å². The maximum atomic E-state index is 15.3. The van der Waals surface area contributed by atoms with Crippen LogP contribution in [0.5, 0.6) is 11.5 Å². The molecule has 56 heavy (non-hydrogen) atoms. The van der Waals surface area contributed by atoms with Gasteiger partial charge in [0.05, 0.1) is 77.0 Å². The molecule has 2 amide bonds. The number of ether oxygens (including phenoxy) is 3. The Morgan fingerprint density at radius 3 is 2.39 bits per heavy atom. The van der Waals surface area contributed by atoms with Gasteiger partial charge in [-0.2, -0.15) is 9.78 Å². The zero-order chi connectivity index (χ0) is 39.4. The van der Waals surface area contributed by atoms with E-state index in [1.54, 1.807) is 36.3 Å². The maximum Gasteiger partial charge on any atom is 0.279 e. The highest BCUT2D eigenvalue weighted by atomic mass is 28.3. The highest BCUT2D eigenvalue weighted by Crippen LogP contribution is 2.60.